The van der Waals surface area contributed by atoms with E-state index in [-0.39, 0.29) is 33.8 Å². The second kappa shape index (κ2) is 11.6. The number of anilines is 1. The van der Waals surface area contributed by atoms with Crippen molar-refractivity contribution in [2.75, 3.05) is 30.5 Å². The van der Waals surface area contributed by atoms with Crippen molar-refractivity contribution < 1.29 is 50.8 Å². The van der Waals surface area contributed by atoms with E-state index in [9.17, 15) is 46.1 Å². The van der Waals surface area contributed by atoms with Crippen LogP contribution >= 0.6 is 0 Å². The highest BCUT2D eigenvalue weighted by Crippen LogP contribution is 2.47. The van der Waals surface area contributed by atoms with Gasteiger partial charge >= 0.3 is 5.97 Å². The van der Waals surface area contributed by atoms with Crippen molar-refractivity contribution in [3.8, 4) is 11.5 Å². The SMILES string of the molecule is CN1c2cc3c(cc2C(CS(=O)(=O)O)=CC1(C)C)C(c1cc(C(O)O)ccc1C(=O)O)=c1cc2c(cc1O3)=[N+](C)C(C)(C)C=C2CS(=O)(=O)O. The van der Waals surface area contributed by atoms with Gasteiger partial charge in [-0.3, -0.25) is 9.11 Å². The minimum absolute atomic E-state index is 0.00936. The van der Waals surface area contributed by atoms with E-state index in [2.05, 4.69) is 0 Å². The summed E-state index contributed by atoms with van der Waals surface area (Å²) in [6, 6.07) is 10.5. The van der Waals surface area contributed by atoms with Crippen LogP contribution in [-0.4, -0.2) is 83.9 Å². The summed E-state index contributed by atoms with van der Waals surface area (Å²) in [4.78, 5) is 14.6. The van der Waals surface area contributed by atoms with Crippen molar-refractivity contribution in [1.82, 2.24) is 4.58 Å². The summed E-state index contributed by atoms with van der Waals surface area (Å²) in [5.41, 5.74) is 1.09. The number of aliphatic hydroxyl groups excluding tert-OH is 1. The molecule has 15 heteroatoms. The molecular formula is C35H37N2O11S2+. The largest absolute Gasteiger partial charge is 0.478 e. The highest BCUT2D eigenvalue weighted by Gasteiger charge is 2.37. The molecule has 3 aliphatic heterocycles. The third-order valence-electron chi connectivity index (χ3n) is 9.67. The van der Waals surface area contributed by atoms with Crippen LogP contribution in [0.5, 0.6) is 11.5 Å². The molecule has 0 bridgehead atoms. The summed E-state index contributed by atoms with van der Waals surface area (Å²) < 4.78 is 77.0. The Morgan fingerprint density at radius 3 is 2.04 bits per heavy atom. The number of hydrogen-bond acceptors (Lipinski definition) is 9. The molecule has 3 aromatic rings. The molecule has 13 nitrogen and oxygen atoms in total. The zero-order chi connectivity index (χ0) is 36.9. The van der Waals surface area contributed by atoms with Crippen molar-refractivity contribution in [3.63, 3.8) is 0 Å². The molecule has 0 fully saturated rings. The second-order valence-electron chi connectivity index (χ2n) is 13.9. The van der Waals surface area contributed by atoms with Crippen LogP contribution in [0.4, 0.5) is 5.69 Å². The minimum atomic E-state index is -4.49. The van der Waals surface area contributed by atoms with Crippen molar-refractivity contribution in [2.45, 2.75) is 45.1 Å². The van der Waals surface area contributed by atoms with E-state index >= 15 is 0 Å². The number of aromatic carboxylic acids is 1. The second-order valence-corrected chi connectivity index (χ2v) is 16.8. The number of likely N-dealkylation sites (N-methyl/N-ethyl adjacent to an activating group) is 2. The van der Waals surface area contributed by atoms with Crippen LogP contribution in [-0.2, 0) is 20.2 Å². The molecule has 0 aromatic heterocycles. The zero-order valence-electron chi connectivity index (χ0n) is 28.1. The molecule has 3 heterocycles. The number of aliphatic hydroxyl groups is 2. The summed E-state index contributed by atoms with van der Waals surface area (Å²) in [7, 11) is -5.34. The molecule has 264 valence electrons. The molecule has 0 amide bonds. The van der Waals surface area contributed by atoms with Gasteiger partial charge in [0.1, 0.15) is 30.1 Å². The predicted molar refractivity (Wildman–Crippen MR) is 187 cm³/mol. The number of rotatable bonds is 7. The van der Waals surface area contributed by atoms with Crippen LogP contribution in [0.25, 0.3) is 16.7 Å². The van der Waals surface area contributed by atoms with Crippen LogP contribution in [0.2, 0.25) is 0 Å². The van der Waals surface area contributed by atoms with E-state index in [4.69, 9.17) is 4.74 Å². The average Bonchev–Trinajstić information content (AvgIpc) is 2.97. The van der Waals surface area contributed by atoms with Crippen LogP contribution in [0, 0.1) is 0 Å². The molecule has 0 aliphatic carbocycles. The van der Waals surface area contributed by atoms with Crippen LogP contribution in [0.15, 0.2) is 54.6 Å². The number of fused-ring (bicyclic) bond motifs is 4. The number of hydrogen-bond donors (Lipinski definition) is 5. The first-order chi connectivity index (χ1) is 23.0. The molecule has 3 aromatic carbocycles. The number of carbonyl (C=O) groups is 1. The number of carboxylic acid groups (broad SMARTS) is 1. The Kier molecular flexibility index (Phi) is 8.21. The first-order valence-electron chi connectivity index (χ1n) is 15.4. The Balaban J connectivity index is 1.80. The maximum atomic E-state index is 12.7. The standard InChI is InChI=1S/C35H36N2O11S2/c1-34(2)14-19(16-49(42,43)44)22-10-25-29(12-27(22)36(34)5)48-30-13-28-23(20(17-50(45,46)47)15-35(3,4)37(28)6)11-26(30)31(25)24-9-18(32(38)39)7-8-21(24)33(40)41/h7-15,32,38-39H,16-17H2,1-6H3,(H2-,40,41,42,43,44,45,46,47)/p+1. The molecule has 50 heavy (non-hydrogen) atoms. The summed E-state index contributed by atoms with van der Waals surface area (Å²) in [6.45, 7) is 7.50. The molecule has 0 atom stereocenters. The Labute approximate surface area is 288 Å². The Bertz CT molecular complexity index is 2440. The molecule has 0 radical (unpaired) electrons. The van der Waals surface area contributed by atoms with Crippen molar-refractivity contribution in [3.05, 3.63) is 98.6 Å². The Hall–Kier alpha value is -4.38. The molecule has 0 spiro atoms. The summed E-state index contributed by atoms with van der Waals surface area (Å²) in [5.74, 6) is -2.16. The van der Waals surface area contributed by atoms with Gasteiger partial charge in [-0.15, -0.1) is 0 Å². The lowest BCUT2D eigenvalue weighted by Gasteiger charge is -2.41. The van der Waals surface area contributed by atoms with Crippen LogP contribution in [0.3, 0.4) is 0 Å². The van der Waals surface area contributed by atoms with Crippen molar-refractivity contribution >= 4 is 48.6 Å². The normalized spacial score (nSPS) is 17.6. The van der Waals surface area contributed by atoms with Gasteiger partial charge < -0.3 is 25.0 Å². The molecule has 0 unspecified atom stereocenters. The Morgan fingerprint density at radius 1 is 0.840 bits per heavy atom. The lowest BCUT2D eigenvalue weighted by Crippen LogP contribution is -2.47. The molecule has 3 aliphatic rings. The van der Waals surface area contributed by atoms with Gasteiger partial charge in [0, 0.05) is 60.1 Å². The predicted octanol–water partition coefficient (Wildman–Crippen LogP) is 2.40. The third-order valence-corrected chi connectivity index (χ3v) is 11.0. The van der Waals surface area contributed by atoms with Gasteiger partial charge in [0.15, 0.2) is 11.8 Å². The number of nitrogens with zero attached hydrogens (tertiary/aromatic N) is 2. The maximum absolute atomic E-state index is 12.7. The van der Waals surface area contributed by atoms with Gasteiger partial charge in [-0.25, -0.2) is 9.37 Å². The summed E-state index contributed by atoms with van der Waals surface area (Å²) >= 11 is 0. The number of ether oxygens (including phenoxy) is 1. The van der Waals surface area contributed by atoms with E-state index in [0.717, 1.165) is 0 Å². The lowest BCUT2D eigenvalue weighted by atomic mass is 9.83. The third kappa shape index (κ3) is 6.25. The topological polar surface area (TPSA) is 202 Å². The van der Waals surface area contributed by atoms with Crippen molar-refractivity contribution in [2.24, 2.45) is 0 Å². The molecule has 0 saturated heterocycles. The summed E-state index contributed by atoms with van der Waals surface area (Å²) in [6.07, 6.45) is 1.49. The van der Waals surface area contributed by atoms with Crippen molar-refractivity contribution in [1.29, 1.82) is 0 Å². The smallest absolute Gasteiger partial charge is 0.336 e. The fourth-order valence-electron chi connectivity index (χ4n) is 6.89. The van der Waals surface area contributed by atoms with Gasteiger partial charge in [-0.1, -0.05) is 12.1 Å². The van der Waals surface area contributed by atoms with Gasteiger partial charge in [-0.2, -0.15) is 16.8 Å². The minimum Gasteiger partial charge on any atom is -0.478 e. The molecule has 6 rings (SSSR count). The van der Waals surface area contributed by atoms with E-state index in [1.807, 2.05) is 51.3 Å². The highest BCUT2D eigenvalue weighted by atomic mass is 32.2. The quantitative estimate of drug-likeness (QED) is 0.106. The van der Waals surface area contributed by atoms with E-state index < -0.39 is 55.1 Å². The summed E-state index contributed by atoms with van der Waals surface area (Å²) in [5, 5.41) is 31.5. The molecule has 5 N–H and O–H groups in total. The molecule has 0 saturated carbocycles. The molecular weight excluding hydrogens is 689 g/mol. The zero-order valence-corrected chi connectivity index (χ0v) is 29.7. The van der Waals surface area contributed by atoms with Crippen LogP contribution < -0.4 is 24.8 Å². The first-order valence-corrected chi connectivity index (χ1v) is 18.7. The number of carboxylic acids is 1. The monoisotopic (exact) mass is 725 g/mol. The van der Waals surface area contributed by atoms with Gasteiger partial charge in [0.05, 0.1) is 22.7 Å². The van der Waals surface area contributed by atoms with Gasteiger partial charge in [-0.05, 0) is 60.9 Å². The van der Waals surface area contributed by atoms with E-state index in [1.165, 1.54) is 18.2 Å². The average molecular weight is 726 g/mol. The maximum Gasteiger partial charge on any atom is 0.336 e. The fourth-order valence-corrected chi connectivity index (χ4v) is 8.16. The highest BCUT2D eigenvalue weighted by molar-refractivity contribution is 7.86. The Morgan fingerprint density at radius 2 is 1.46 bits per heavy atom. The number of benzene rings is 3. The van der Waals surface area contributed by atoms with E-state index in [0.29, 0.717) is 44.1 Å². The van der Waals surface area contributed by atoms with E-state index in [1.54, 1.807) is 36.4 Å². The van der Waals surface area contributed by atoms with Gasteiger partial charge in [0.25, 0.3) is 20.2 Å². The van der Waals surface area contributed by atoms with Gasteiger partial charge in [0.2, 0.25) is 5.36 Å². The van der Waals surface area contributed by atoms with Crippen LogP contribution in [0.1, 0.15) is 72.2 Å². The first kappa shape index (κ1) is 35.4. The lowest BCUT2D eigenvalue weighted by molar-refractivity contribution is -0.0425. The fraction of sp³-hybridized carbons (Fsp3) is 0.314.